The van der Waals surface area contributed by atoms with Crippen LogP contribution in [0.15, 0.2) is 30.3 Å². The molecule has 9 nitrogen and oxygen atoms in total. The predicted molar refractivity (Wildman–Crippen MR) is 144 cm³/mol. The van der Waals surface area contributed by atoms with Gasteiger partial charge >= 0.3 is 5.92 Å². The van der Waals surface area contributed by atoms with Crippen molar-refractivity contribution in [3.05, 3.63) is 47.5 Å². The summed E-state index contributed by atoms with van der Waals surface area (Å²) < 4.78 is 67.5. The van der Waals surface area contributed by atoms with Gasteiger partial charge in [-0.25, -0.2) is 14.4 Å². The molecule has 4 rings (SSSR count). The van der Waals surface area contributed by atoms with Gasteiger partial charge in [0, 0.05) is 24.5 Å². The normalized spacial score (nSPS) is 17.5. The lowest BCUT2D eigenvalue weighted by atomic mass is 9.93. The third kappa shape index (κ3) is 6.34. The number of aromatic nitrogens is 2. The highest BCUT2D eigenvalue weighted by molar-refractivity contribution is 5.91. The van der Waals surface area contributed by atoms with Crippen LogP contribution in [-0.2, 0) is 10.7 Å². The van der Waals surface area contributed by atoms with Crippen LogP contribution >= 0.6 is 0 Å². The van der Waals surface area contributed by atoms with Crippen molar-refractivity contribution in [2.75, 3.05) is 45.8 Å². The topological polar surface area (TPSA) is 98.2 Å². The molecule has 1 aliphatic heterocycles. The van der Waals surface area contributed by atoms with Crippen molar-refractivity contribution in [1.82, 2.24) is 14.9 Å². The Hall–Kier alpha value is -3.35. The summed E-state index contributed by atoms with van der Waals surface area (Å²) in [5.41, 5.74) is -2.87. The van der Waals surface area contributed by atoms with Gasteiger partial charge in [-0.15, -0.1) is 0 Å². The van der Waals surface area contributed by atoms with Crippen molar-refractivity contribution in [2.24, 2.45) is 0 Å². The molecule has 0 aliphatic carbocycles. The molecule has 1 aliphatic rings. The van der Waals surface area contributed by atoms with E-state index in [0.717, 1.165) is 33.0 Å². The minimum absolute atomic E-state index is 0.103. The molecule has 2 atom stereocenters. The number of alkyl halides is 2. The lowest BCUT2D eigenvalue weighted by Crippen LogP contribution is -2.42. The number of benzene rings is 2. The van der Waals surface area contributed by atoms with Gasteiger partial charge in [0.1, 0.15) is 30.0 Å². The molecule has 0 unspecified atom stereocenters. The Morgan fingerprint density at radius 1 is 1.20 bits per heavy atom. The van der Waals surface area contributed by atoms with Crippen LogP contribution in [0.5, 0.6) is 17.2 Å². The van der Waals surface area contributed by atoms with E-state index in [4.69, 9.17) is 18.9 Å². The van der Waals surface area contributed by atoms with Crippen molar-refractivity contribution >= 4 is 16.7 Å². The molecule has 0 bridgehead atoms. The molecule has 40 heavy (non-hydrogen) atoms. The van der Waals surface area contributed by atoms with Gasteiger partial charge in [-0.05, 0) is 52.9 Å². The number of rotatable bonds is 10. The van der Waals surface area contributed by atoms with E-state index in [0.29, 0.717) is 47.3 Å². The highest BCUT2D eigenvalue weighted by Gasteiger charge is 2.49. The van der Waals surface area contributed by atoms with Crippen molar-refractivity contribution in [2.45, 2.75) is 51.6 Å². The second-order valence-corrected chi connectivity index (χ2v) is 10.4. The average molecular weight is 565 g/mol. The number of nitrogens with zero attached hydrogens (tertiary/aromatic N) is 3. The van der Waals surface area contributed by atoms with Gasteiger partial charge in [0.05, 0.1) is 24.8 Å². The number of hydrogen-bond acceptors (Lipinski definition) is 9. The second kappa shape index (κ2) is 11.6. The summed E-state index contributed by atoms with van der Waals surface area (Å²) in [6.45, 7) is 7.66. The fourth-order valence-electron chi connectivity index (χ4n) is 4.37. The number of morpholine rings is 1. The Morgan fingerprint density at radius 2 is 1.95 bits per heavy atom. The van der Waals surface area contributed by atoms with Crippen LogP contribution in [0.2, 0.25) is 0 Å². The van der Waals surface area contributed by atoms with Crippen LogP contribution < -0.4 is 19.5 Å². The van der Waals surface area contributed by atoms with Crippen molar-refractivity contribution in [1.29, 1.82) is 0 Å². The number of methoxy groups -OCH3 is 1. The summed E-state index contributed by atoms with van der Waals surface area (Å²) >= 11 is 0. The molecule has 1 fully saturated rings. The van der Waals surface area contributed by atoms with E-state index in [1.807, 2.05) is 7.05 Å². The van der Waals surface area contributed by atoms with Gasteiger partial charge in [-0.3, -0.25) is 0 Å². The number of anilines is 1. The first-order chi connectivity index (χ1) is 18.8. The van der Waals surface area contributed by atoms with Crippen molar-refractivity contribution < 1.29 is 37.2 Å². The maximum atomic E-state index is 15.1. The maximum absolute atomic E-state index is 15.1. The zero-order valence-corrected chi connectivity index (χ0v) is 23.4. The fraction of sp³-hybridized carbons (Fsp3) is 0.500. The number of fused-ring (bicyclic) bond motifs is 1. The van der Waals surface area contributed by atoms with E-state index in [1.165, 1.54) is 19.2 Å². The van der Waals surface area contributed by atoms with Gasteiger partial charge in [0.15, 0.2) is 29.3 Å². The Bertz CT molecular complexity index is 1350. The molecule has 218 valence electrons. The van der Waals surface area contributed by atoms with Gasteiger partial charge in [0.25, 0.3) is 0 Å². The Morgan fingerprint density at radius 3 is 2.62 bits per heavy atom. The molecular formula is C28H35F3N4O5. The quantitative estimate of drug-likeness (QED) is 0.345. The minimum Gasteiger partial charge on any atom is -0.493 e. The molecule has 1 aromatic heterocycles. The zero-order chi connectivity index (χ0) is 29.2. The Kier molecular flexibility index (Phi) is 8.62. The number of nitrogens with one attached hydrogen (secondary N) is 1. The highest BCUT2D eigenvalue weighted by atomic mass is 19.3. The number of aryl methyl sites for hydroxylation is 1. The molecule has 0 radical (unpaired) electrons. The molecule has 2 N–H and O–H groups in total. The number of hydrogen-bond donors (Lipinski definition) is 2. The summed E-state index contributed by atoms with van der Waals surface area (Å²) in [6.07, 6.45) is -0.996. The van der Waals surface area contributed by atoms with E-state index < -0.39 is 34.9 Å². The SMILES string of the molecule is COc1cc2nc(C)nc(N[C@@H](C)Oc3cccc(C(F)(F)C(C)(C)O)c3F)c2cc1OC[C@@H]1CN(C)CCO1. The molecule has 2 heterocycles. The van der Waals surface area contributed by atoms with Gasteiger partial charge in [-0.2, -0.15) is 8.78 Å². The molecule has 12 heteroatoms. The Balaban J connectivity index is 1.59. The van der Waals surface area contributed by atoms with Crippen LogP contribution in [0.25, 0.3) is 10.9 Å². The van der Waals surface area contributed by atoms with Crippen molar-refractivity contribution in [3.63, 3.8) is 0 Å². The summed E-state index contributed by atoms with van der Waals surface area (Å²) in [6, 6.07) is 6.87. The van der Waals surface area contributed by atoms with Crippen LogP contribution in [0.3, 0.4) is 0 Å². The molecule has 1 saturated heterocycles. The average Bonchev–Trinajstić information content (AvgIpc) is 2.87. The van der Waals surface area contributed by atoms with Crippen LogP contribution in [-0.4, -0.2) is 78.4 Å². The number of aliphatic hydroxyl groups is 1. The lowest BCUT2D eigenvalue weighted by Gasteiger charge is -2.30. The van der Waals surface area contributed by atoms with E-state index >= 15 is 4.39 Å². The fourth-order valence-corrected chi connectivity index (χ4v) is 4.37. The minimum atomic E-state index is -3.85. The largest absolute Gasteiger partial charge is 0.493 e. The molecule has 0 spiro atoms. The number of halogens is 3. The molecule has 0 saturated carbocycles. The first kappa shape index (κ1) is 29.6. The monoisotopic (exact) mass is 564 g/mol. The summed E-state index contributed by atoms with van der Waals surface area (Å²) in [7, 11) is 3.56. The maximum Gasteiger partial charge on any atom is 0.303 e. The Labute approximate surface area is 231 Å². The third-order valence-electron chi connectivity index (χ3n) is 6.57. The molecule has 2 aromatic carbocycles. The summed E-state index contributed by atoms with van der Waals surface area (Å²) in [5, 5.41) is 13.5. The highest BCUT2D eigenvalue weighted by Crippen LogP contribution is 2.42. The third-order valence-corrected chi connectivity index (χ3v) is 6.57. The molecule has 3 aromatic rings. The molecule has 0 amide bonds. The van der Waals surface area contributed by atoms with Gasteiger partial charge in [0.2, 0.25) is 0 Å². The van der Waals surface area contributed by atoms with E-state index in [2.05, 4.69) is 20.2 Å². The zero-order valence-electron chi connectivity index (χ0n) is 23.4. The molecular weight excluding hydrogens is 529 g/mol. The summed E-state index contributed by atoms with van der Waals surface area (Å²) in [4.78, 5) is 11.1. The van der Waals surface area contributed by atoms with Crippen LogP contribution in [0.1, 0.15) is 32.2 Å². The van der Waals surface area contributed by atoms with Gasteiger partial charge in [-0.1, -0.05) is 6.07 Å². The standard InChI is InChI=1S/C28H35F3N4O5/c1-16-32-21-13-23(37-6)24(39-15-18-14-35(5)10-11-38-18)12-19(21)26(33-16)34-17(2)40-22-9-7-8-20(25(22)29)28(30,31)27(3,4)36/h7-9,12-13,17-18,36H,10-11,14-15H2,1-6H3,(H,32,33,34)/t17-,18+/m1/s1. The first-order valence-corrected chi connectivity index (χ1v) is 12.9. The first-order valence-electron chi connectivity index (χ1n) is 12.9. The lowest BCUT2D eigenvalue weighted by molar-refractivity contribution is -0.170. The van der Waals surface area contributed by atoms with E-state index in [-0.39, 0.29) is 6.10 Å². The van der Waals surface area contributed by atoms with E-state index in [1.54, 1.807) is 26.0 Å². The van der Waals surface area contributed by atoms with Crippen molar-refractivity contribution in [3.8, 4) is 17.2 Å². The number of ether oxygens (including phenoxy) is 4. The predicted octanol–water partition coefficient (Wildman–Crippen LogP) is 4.49. The smallest absolute Gasteiger partial charge is 0.303 e. The van der Waals surface area contributed by atoms with Gasteiger partial charge < -0.3 is 34.3 Å². The van der Waals surface area contributed by atoms with Crippen LogP contribution in [0, 0.1) is 12.7 Å². The van der Waals surface area contributed by atoms with E-state index in [9.17, 15) is 13.9 Å². The second-order valence-electron chi connectivity index (χ2n) is 10.4. The van der Waals surface area contributed by atoms with Crippen LogP contribution in [0.4, 0.5) is 19.0 Å². The number of likely N-dealkylation sites (N-methyl/N-ethyl adjacent to an activating group) is 1. The summed E-state index contributed by atoms with van der Waals surface area (Å²) in [5.74, 6) is -3.74.